The van der Waals surface area contributed by atoms with Crippen LogP contribution in [-0.4, -0.2) is 0 Å². The molecule has 0 amide bonds. The number of rotatable bonds is 3. The third kappa shape index (κ3) is 3.00. The van der Waals surface area contributed by atoms with Crippen LogP contribution >= 0.6 is 38.9 Å². The minimum Gasteiger partial charge on any atom is -0.376 e. The van der Waals surface area contributed by atoms with Crippen LogP contribution in [0.15, 0.2) is 33.4 Å². The van der Waals surface area contributed by atoms with E-state index < -0.39 is 0 Å². The molecule has 5 heteroatoms. The fourth-order valence-corrected chi connectivity index (χ4v) is 3.18. The summed E-state index contributed by atoms with van der Waals surface area (Å²) >= 11 is 11.0. The van der Waals surface area contributed by atoms with E-state index in [0.717, 1.165) is 0 Å². The van der Waals surface area contributed by atoms with Crippen LogP contribution in [0.5, 0.6) is 0 Å². The molecule has 1 aromatic heterocycles. The van der Waals surface area contributed by atoms with Crippen molar-refractivity contribution in [3.63, 3.8) is 0 Å². The molecule has 1 nitrogen and oxygen atoms in total. The molecule has 2 rings (SSSR count). The molecule has 1 atom stereocenters. The SMILES string of the molecule is CC(Nc1c(Cl)cc(F)cc1Br)c1ccsc1. The summed E-state index contributed by atoms with van der Waals surface area (Å²) in [5.41, 5.74) is 1.90. The van der Waals surface area contributed by atoms with Gasteiger partial charge in [-0.3, -0.25) is 0 Å². The first kappa shape index (κ1) is 12.9. The Balaban J connectivity index is 2.25. The standard InChI is InChI=1S/C12H10BrClFNS/c1-7(8-2-3-17-6-8)16-12-10(13)4-9(15)5-11(12)14/h2-7,16H,1H3. The van der Waals surface area contributed by atoms with Gasteiger partial charge in [-0.05, 0) is 57.4 Å². The van der Waals surface area contributed by atoms with Gasteiger partial charge < -0.3 is 5.32 Å². The molecule has 0 radical (unpaired) electrons. The molecular formula is C12H10BrClFNS. The first-order chi connectivity index (χ1) is 8.08. The summed E-state index contributed by atoms with van der Waals surface area (Å²) in [5, 5.41) is 7.74. The lowest BCUT2D eigenvalue weighted by molar-refractivity contribution is 0.627. The molecule has 0 aliphatic rings. The number of halogens is 3. The number of hydrogen-bond acceptors (Lipinski definition) is 2. The van der Waals surface area contributed by atoms with Crippen molar-refractivity contribution in [3.05, 3.63) is 49.8 Å². The first-order valence-electron chi connectivity index (χ1n) is 5.01. The molecule has 0 aliphatic heterocycles. The molecule has 1 unspecified atom stereocenters. The second-order valence-corrected chi connectivity index (χ2v) is 5.71. The van der Waals surface area contributed by atoms with Crippen LogP contribution in [0.1, 0.15) is 18.5 Å². The number of anilines is 1. The van der Waals surface area contributed by atoms with E-state index in [1.807, 2.05) is 18.4 Å². The zero-order chi connectivity index (χ0) is 12.4. The van der Waals surface area contributed by atoms with Crippen LogP contribution in [0.25, 0.3) is 0 Å². The van der Waals surface area contributed by atoms with Crippen LogP contribution in [0.4, 0.5) is 10.1 Å². The molecule has 0 aliphatic carbocycles. The second-order valence-electron chi connectivity index (χ2n) is 3.67. The Labute approximate surface area is 117 Å². The fraction of sp³-hybridized carbons (Fsp3) is 0.167. The predicted molar refractivity (Wildman–Crippen MR) is 75.5 cm³/mol. The van der Waals surface area contributed by atoms with Crippen molar-refractivity contribution in [2.45, 2.75) is 13.0 Å². The molecule has 2 aromatic rings. The maximum absolute atomic E-state index is 13.1. The maximum atomic E-state index is 13.1. The molecule has 90 valence electrons. The van der Waals surface area contributed by atoms with Gasteiger partial charge in [0, 0.05) is 10.5 Å². The summed E-state index contributed by atoms with van der Waals surface area (Å²) in [6.07, 6.45) is 0. The van der Waals surface area contributed by atoms with Gasteiger partial charge in [-0.25, -0.2) is 4.39 Å². The van der Waals surface area contributed by atoms with E-state index in [1.54, 1.807) is 11.3 Å². The van der Waals surface area contributed by atoms with Gasteiger partial charge in [0.25, 0.3) is 0 Å². The summed E-state index contributed by atoms with van der Waals surface area (Å²) in [6, 6.07) is 4.87. The van der Waals surface area contributed by atoms with E-state index in [9.17, 15) is 4.39 Å². The number of nitrogens with one attached hydrogen (secondary N) is 1. The van der Waals surface area contributed by atoms with E-state index >= 15 is 0 Å². The number of benzene rings is 1. The molecule has 1 N–H and O–H groups in total. The fourth-order valence-electron chi connectivity index (χ4n) is 1.50. The summed E-state index contributed by atoms with van der Waals surface area (Å²) in [7, 11) is 0. The zero-order valence-corrected chi connectivity index (χ0v) is 12.2. The topological polar surface area (TPSA) is 12.0 Å². The van der Waals surface area contributed by atoms with Crippen molar-refractivity contribution in [2.24, 2.45) is 0 Å². The minimum absolute atomic E-state index is 0.125. The quantitative estimate of drug-likeness (QED) is 0.784. The van der Waals surface area contributed by atoms with Gasteiger partial charge in [0.2, 0.25) is 0 Å². The van der Waals surface area contributed by atoms with E-state index in [1.165, 1.54) is 17.7 Å². The Morgan fingerprint density at radius 3 is 2.82 bits per heavy atom. The highest BCUT2D eigenvalue weighted by Crippen LogP contribution is 2.34. The third-order valence-electron chi connectivity index (χ3n) is 2.41. The highest BCUT2D eigenvalue weighted by Gasteiger charge is 2.12. The molecule has 1 aromatic carbocycles. The van der Waals surface area contributed by atoms with Crippen molar-refractivity contribution in [1.29, 1.82) is 0 Å². The Morgan fingerprint density at radius 2 is 2.24 bits per heavy atom. The van der Waals surface area contributed by atoms with E-state index in [4.69, 9.17) is 11.6 Å². The largest absolute Gasteiger partial charge is 0.376 e. The molecular weight excluding hydrogens is 325 g/mol. The lowest BCUT2D eigenvalue weighted by atomic mass is 10.1. The van der Waals surface area contributed by atoms with E-state index in [-0.39, 0.29) is 11.9 Å². The molecule has 17 heavy (non-hydrogen) atoms. The predicted octanol–water partition coefficient (Wildman–Crippen LogP) is 5.48. The summed E-state index contributed by atoms with van der Waals surface area (Å²) in [5.74, 6) is -0.351. The van der Waals surface area contributed by atoms with Crippen molar-refractivity contribution >= 4 is 44.6 Å². The number of thiophene rings is 1. The van der Waals surface area contributed by atoms with E-state index in [0.29, 0.717) is 15.2 Å². The van der Waals surface area contributed by atoms with Crippen LogP contribution in [0.2, 0.25) is 5.02 Å². The van der Waals surface area contributed by atoms with Crippen LogP contribution in [0, 0.1) is 5.82 Å². The van der Waals surface area contributed by atoms with Gasteiger partial charge in [0.1, 0.15) is 5.82 Å². The van der Waals surface area contributed by atoms with Gasteiger partial charge >= 0.3 is 0 Å². The second kappa shape index (κ2) is 5.38. The molecule has 0 spiro atoms. The van der Waals surface area contributed by atoms with Crippen LogP contribution < -0.4 is 5.32 Å². The molecule has 0 bridgehead atoms. The Kier molecular flexibility index (Phi) is 4.07. The average molecular weight is 335 g/mol. The summed E-state index contributed by atoms with van der Waals surface area (Å²) in [6.45, 7) is 2.04. The Hall–Kier alpha value is -0.580. The van der Waals surface area contributed by atoms with Crippen LogP contribution in [-0.2, 0) is 0 Å². The van der Waals surface area contributed by atoms with Crippen molar-refractivity contribution in [1.82, 2.24) is 0 Å². The highest BCUT2D eigenvalue weighted by molar-refractivity contribution is 9.10. The van der Waals surface area contributed by atoms with Gasteiger partial charge in [-0.1, -0.05) is 11.6 Å². The lowest BCUT2D eigenvalue weighted by Crippen LogP contribution is -2.06. The first-order valence-corrected chi connectivity index (χ1v) is 7.12. The lowest BCUT2D eigenvalue weighted by Gasteiger charge is -2.16. The van der Waals surface area contributed by atoms with Crippen molar-refractivity contribution in [2.75, 3.05) is 5.32 Å². The molecule has 0 saturated heterocycles. The Bertz CT molecular complexity index is 492. The Morgan fingerprint density at radius 1 is 1.47 bits per heavy atom. The summed E-state index contributed by atoms with van der Waals surface area (Å²) < 4.78 is 13.7. The molecule has 0 fully saturated rings. The third-order valence-corrected chi connectivity index (χ3v) is 4.04. The highest BCUT2D eigenvalue weighted by atomic mass is 79.9. The van der Waals surface area contributed by atoms with Gasteiger partial charge in [-0.15, -0.1) is 0 Å². The number of hydrogen-bond donors (Lipinski definition) is 1. The normalized spacial score (nSPS) is 12.5. The molecule has 1 heterocycles. The zero-order valence-electron chi connectivity index (χ0n) is 9.01. The average Bonchev–Trinajstić information content (AvgIpc) is 2.76. The van der Waals surface area contributed by atoms with Gasteiger partial charge in [0.15, 0.2) is 0 Å². The van der Waals surface area contributed by atoms with E-state index in [2.05, 4.69) is 26.6 Å². The maximum Gasteiger partial charge on any atom is 0.125 e. The van der Waals surface area contributed by atoms with Crippen molar-refractivity contribution < 1.29 is 4.39 Å². The van der Waals surface area contributed by atoms with Crippen LogP contribution in [0.3, 0.4) is 0 Å². The summed E-state index contributed by atoms with van der Waals surface area (Å²) in [4.78, 5) is 0. The van der Waals surface area contributed by atoms with Crippen molar-refractivity contribution in [3.8, 4) is 0 Å². The smallest absolute Gasteiger partial charge is 0.125 e. The van der Waals surface area contributed by atoms with Gasteiger partial charge in [0.05, 0.1) is 10.7 Å². The molecule has 0 saturated carbocycles. The van der Waals surface area contributed by atoms with Gasteiger partial charge in [-0.2, -0.15) is 11.3 Å². The minimum atomic E-state index is -0.351. The monoisotopic (exact) mass is 333 g/mol.